The van der Waals surface area contributed by atoms with Gasteiger partial charge in [-0.3, -0.25) is 19.4 Å². The number of rotatable bonds is 7. The number of amides is 1. The van der Waals surface area contributed by atoms with E-state index in [0.717, 1.165) is 76.0 Å². The van der Waals surface area contributed by atoms with E-state index in [0.29, 0.717) is 29.7 Å². The van der Waals surface area contributed by atoms with Crippen molar-refractivity contribution < 1.29 is 29.0 Å². The maximum Gasteiger partial charge on any atom is 0.307 e. The van der Waals surface area contributed by atoms with Crippen molar-refractivity contribution in [1.29, 1.82) is 0 Å². The van der Waals surface area contributed by atoms with Crippen LogP contribution in [0.1, 0.15) is 136 Å². The number of aliphatic hydroxyl groups excluding tert-OH is 1. The molecule has 276 valence electrons. The van der Waals surface area contributed by atoms with Crippen LogP contribution in [0.2, 0.25) is 0 Å². The lowest BCUT2D eigenvalue weighted by Gasteiger charge is -2.68. The first-order chi connectivity index (χ1) is 23.4. The smallest absolute Gasteiger partial charge is 0.307 e. The largest absolute Gasteiger partial charge is 0.462 e. The molecule has 1 amide bonds. The number of aromatic nitrogens is 1. The summed E-state index contributed by atoms with van der Waals surface area (Å²) < 4.78 is 6.18. The number of Topliss-reactive ketones (excluding diaryl/α,β-unsaturated/α-hetero) is 1. The van der Waals surface area contributed by atoms with Gasteiger partial charge in [0.1, 0.15) is 12.4 Å². The van der Waals surface area contributed by atoms with Crippen LogP contribution in [0.4, 0.5) is 0 Å². The zero-order valence-corrected chi connectivity index (χ0v) is 32.3. The molecule has 8 heteroatoms. The molecule has 0 aliphatic heterocycles. The van der Waals surface area contributed by atoms with Crippen LogP contribution in [0, 0.1) is 58.2 Å². The van der Waals surface area contributed by atoms with Gasteiger partial charge in [-0.2, -0.15) is 0 Å². The number of carbonyl (C=O) groups excluding carboxylic acids is 4. The molecule has 0 aromatic carbocycles. The lowest BCUT2D eigenvalue weighted by atomic mass is 9.37. The van der Waals surface area contributed by atoms with Crippen molar-refractivity contribution >= 4 is 23.9 Å². The highest BCUT2D eigenvalue weighted by atomic mass is 16.5. The number of ketones is 1. The minimum absolute atomic E-state index is 0.107. The normalized spacial score (nSPS) is 35.8. The molecule has 5 aliphatic rings. The minimum Gasteiger partial charge on any atom is -0.462 e. The van der Waals surface area contributed by atoms with Gasteiger partial charge < -0.3 is 20.0 Å². The number of aldehydes is 1. The Morgan fingerprint density at radius 1 is 1.02 bits per heavy atom. The molecule has 6 rings (SSSR count). The molecule has 1 aromatic heterocycles. The number of nitrogens with zero attached hydrogens (tertiary/aromatic N) is 1. The molecule has 2 N–H and O–H groups in total. The fraction of sp³-hybridized carbons (Fsp3) is 0.738. The molecule has 0 saturated heterocycles. The van der Waals surface area contributed by atoms with Crippen LogP contribution < -0.4 is 5.32 Å². The van der Waals surface area contributed by atoms with E-state index in [-0.39, 0.29) is 58.3 Å². The molecule has 4 fully saturated rings. The number of aryl methyl sites for hydroxylation is 1. The van der Waals surface area contributed by atoms with Crippen LogP contribution in [0.5, 0.6) is 0 Å². The summed E-state index contributed by atoms with van der Waals surface area (Å²) in [6, 6.07) is 3.60. The zero-order chi connectivity index (χ0) is 37.0. The van der Waals surface area contributed by atoms with Crippen molar-refractivity contribution in [3.63, 3.8) is 0 Å². The van der Waals surface area contributed by atoms with Crippen LogP contribution in [0.3, 0.4) is 0 Å². The zero-order valence-electron chi connectivity index (χ0n) is 32.3. The predicted octanol–water partition coefficient (Wildman–Crippen LogP) is 7.60. The summed E-state index contributed by atoms with van der Waals surface area (Å²) in [6.45, 7) is 19.4. The van der Waals surface area contributed by atoms with Crippen LogP contribution >= 0.6 is 0 Å². The van der Waals surface area contributed by atoms with E-state index in [9.17, 15) is 19.2 Å². The number of allylic oxidation sites excluding steroid dienone is 1. The van der Waals surface area contributed by atoms with Crippen LogP contribution in [-0.2, 0) is 19.1 Å². The number of hydrogen-bond donors (Lipinski definition) is 2. The van der Waals surface area contributed by atoms with Crippen molar-refractivity contribution in [1.82, 2.24) is 10.3 Å². The molecule has 8 atom stereocenters. The molecule has 50 heavy (non-hydrogen) atoms. The topological polar surface area (TPSA) is 123 Å². The number of ether oxygens (including phenoxy) is 1. The third-order valence-corrected chi connectivity index (χ3v) is 14.2. The first-order valence-corrected chi connectivity index (χ1v) is 19.0. The highest BCUT2D eigenvalue weighted by Crippen LogP contribution is 2.72. The van der Waals surface area contributed by atoms with Crippen LogP contribution in [0.25, 0.3) is 0 Å². The Bertz CT molecular complexity index is 1540. The molecule has 0 bridgehead atoms. The van der Waals surface area contributed by atoms with Gasteiger partial charge in [-0.25, -0.2) is 0 Å². The van der Waals surface area contributed by atoms with E-state index >= 15 is 0 Å². The number of carbonyl (C=O) groups is 4. The third-order valence-electron chi connectivity index (χ3n) is 14.2. The standard InChI is InChI=1S/C41H58N2O5.CH4O/c1-24(2)34-29(45)21-41(43-36(47)26-15-19-42-25(3)20-26)18-12-28-27(35(34)41)10-11-31-39(28,8)16-13-30-38(6,7)32(14-17-40(30,31)9)48-33(46)22-37(4,5)23-44;1-2/h15,19-20,23-24,27-28,30-32H,10-14,16-18,21-22H2,1-9H3,(H,43,47);2H,1H3. The van der Waals surface area contributed by atoms with Crippen molar-refractivity contribution in [3.8, 4) is 0 Å². The Kier molecular flexibility index (Phi) is 10.4. The first-order valence-electron chi connectivity index (χ1n) is 19.0. The van der Waals surface area contributed by atoms with Crippen molar-refractivity contribution in [2.24, 2.45) is 51.2 Å². The molecular weight excluding hydrogens is 628 g/mol. The molecule has 8 nitrogen and oxygen atoms in total. The van der Waals surface area contributed by atoms with E-state index in [1.807, 2.05) is 13.0 Å². The average Bonchev–Trinajstić information content (AvgIpc) is 3.35. The van der Waals surface area contributed by atoms with Gasteiger partial charge in [0.25, 0.3) is 5.91 Å². The van der Waals surface area contributed by atoms with Gasteiger partial charge >= 0.3 is 5.97 Å². The van der Waals surface area contributed by atoms with E-state index in [2.05, 4.69) is 51.8 Å². The van der Waals surface area contributed by atoms with E-state index in [1.165, 1.54) is 5.57 Å². The molecule has 0 spiro atoms. The van der Waals surface area contributed by atoms with Crippen LogP contribution in [0.15, 0.2) is 29.5 Å². The van der Waals surface area contributed by atoms with Gasteiger partial charge in [0.15, 0.2) is 5.78 Å². The summed E-state index contributed by atoms with van der Waals surface area (Å²) in [5, 5.41) is 10.5. The van der Waals surface area contributed by atoms with Gasteiger partial charge in [0.2, 0.25) is 0 Å². The second-order valence-electron chi connectivity index (χ2n) is 18.4. The minimum atomic E-state index is -0.719. The number of nitrogens with one attached hydrogen (secondary N) is 1. The monoisotopic (exact) mass is 690 g/mol. The fourth-order valence-electron chi connectivity index (χ4n) is 12.2. The fourth-order valence-corrected chi connectivity index (χ4v) is 12.2. The highest BCUT2D eigenvalue weighted by Gasteiger charge is 2.67. The first kappa shape index (κ1) is 38.4. The van der Waals surface area contributed by atoms with Gasteiger partial charge in [-0.05, 0) is 122 Å². The summed E-state index contributed by atoms with van der Waals surface area (Å²) in [6.07, 6.45) is 10.9. The lowest BCUT2D eigenvalue weighted by Crippen LogP contribution is -2.64. The number of aliphatic hydroxyl groups is 1. The van der Waals surface area contributed by atoms with Crippen LogP contribution in [-0.4, -0.2) is 52.8 Å². The Balaban J connectivity index is 0.00000239. The predicted molar refractivity (Wildman–Crippen MR) is 194 cm³/mol. The number of hydrogen-bond acceptors (Lipinski definition) is 7. The summed E-state index contributed by atoms with van der Waals surface area (Å²) in [5.41, 5.74) is 2.37. The molecule has 8 unspecified atom stereocenters. The number of pyridine rings is 1. The lowest BCUT2D eigenvalue weighted by molar-refractivity contribution is -0.213. The maximum absolute atomic E-state index is 13.8. The second kappa shape index (κ2) is 13.6. The summed E-state index contributed by atoms with van der Waals surface area (Å²) in [7, 11) is 1.00. The van der Waals surface area contributed by atoms with E-state index in [1.54, 1.807) is 26.1 Å². The Morgan fingerprint density at radius 2 is 1.70 bits per heavy atom. The van der Waals surface area contributed by atoms with Crippen molar-refractivity contribution in [3.05, 3.63) is 40.7 Å². The van der Waals surface area contributed by atoms with Gasteiger partial charge in [0.05, 0.1) is 12.0 Å². The molecule has 5 aliphatic carbocycles. The Morgan fingerprint density at radius 3 is 2.34 bits per heavy atom. The molecule has 1 aromatic rings. The van der Waals surface area contributed by atoms with E-state index in [4.69, 9.17) is 9.84 Å². The van der Waals surface area contributed by atoms with Gasteiger partial charge in [-0.1, -0.05) is 55.4 Å². The van der Waals surface area contributed by atoms with Crippen molar-refractivity contribution in [2.75, 3.05) is 7.11 Å². The quantitative estimate of drug-likeness (QED) is 0.223. The Hall–Kier alpha value is -2.87. The summed E-state index contributed by atoms with van der Waals surface area (Å²) >= 11 is 0. The number of fused-ring (bicyclic) bond motifs is 7. The second-order valence-corrected chi connectivity index (χ2v) is 18.4. The molecule has 1 heterocycles. The van der Waals surface area contributed by atoms with Gasteiger partial charge in [0, 0.05) is 41.8 Å². The highest BCUT2D eigenvalue weighted by molar-refractivity contribution is 6.03. The molecule has 4 saturated carbocycles. The summed E-state index contributed by atoms with van der Waals surface area (Å²) in [4.78, 5) is 56.3. The maximum atomic E-state index is 13.8. The van der Waals surface area contributed by atoms with E-state index < -0.39 is 11.0 Å². The van der Waals surface area contributed by atoms with Gasteiger partial charge in [-0.15, -0.1) is 0 Å². The molecular formula is C42H62N2O6. The average molecular weight is 691 g/mol. The third kappa shape index (κ3) is 6.30. The number of esters is 1. The molecule has 0 radical (unpaired) electrons. The summed E-state index contributed by atoms with van der Waals surface area (Å²) in [5.74, 6) is 1.65. The van der Waals surface area contributed by atoms with Crippen molar-refractivity contribution in [2.45, 2.75) is 138 Å². The SMILES string of the molecule is CO.Cc1cc(C(=O)NC23CCC4C(CCC5C4(C)CCC4C(C)(C)C(OC(=O)CC(C)(C)C=O)CCC45C)C2=C(C(C)C)C(=O)C3)ccn1. The Labute approximate surface area is 300 Å².